The van der Waals surface area contributed by atoms with Crippen LogP contribution < -0.4 is 4.90 Å². The van der Waals surface area contributed by atoms with Gasteiger partial charge < -0.3 is 14.4 Å². The van der Waals surface area contributed by atoms with Crippen molar-refractivity contribution in [2.75, 3.05) is 37.7 Å². The van der Waals surface area contributed by atoms with Crippen LogP contribution >= 0.6 is 0 Å². The van der Waals surface area contributed by atoms with Crippen molar-refractivity contribution in [1.29, 1.82) is 0 Å². The van der Waals surface area contributed by atoms with Crippen LogP contribution in [-0.4, -0.2) is 55.3 Å². The van der Waals surface area contributed by atoms with Gasteiger partial charge in [0.2, 0.25) is 0 Å². The van der Waals surface area contributed by atoms with Crippen LogP contribution in [0.15, 0.2) is 24.3 Å². The third kappa shape index (κ3) is 4.58. The minimum atomic E-state index is -0.437. The topological polar surface area (TPSA) is 63.4 Å². The SMILES string of the molecule is [C-]#[N+]c1ccc(N2CC3(CCN(CCCC(=O)OCC)CC3)OC2=O)cc1. The second kappa shape index (κ2) is 8.40. The second-order valence-electron chi connectivity index (χ2n) is 7.02. The summed E-state index contributed by atoms with van der Waals surface area (Å²) >= 11 is 0. The van der Waals surface area contributed by atoms with Crippen molar-refractivity contribution in [2.24, 2.45) is 0 Å². The number of piperidine rings is 1. The summed E-state index contributed by atoms with van der Waals surface area (Å²) in [6, 6.07) is 7.01. The van der Waals surface area contributed by atoms with E-state index in [-0.39, 0.29) is 12.1 Å². The Morgan fingerprint density at radius 2 is 2.00 bits per heavy atom. The van der Waals surface area contributed by atoms with Gasteiger partial charge in [0.25, 0.3) is 0 Å². The van der Waals surface area contributed by atoms with E-state index in [0.29, 0.717) is 25.3 Å². The van der Waals surface area contributed by atoms with E-state index < -0.39 is 5.60 Å². The predicted octanol–water partition coefficient (Wildman–Crippen LogP) is 3.37. The predicted molar refractivity (Wildman–Crippen MR) is 101 cm³/mol. The van der Waals surface area contributed by atoms with Crippen molar-refractivity contribution in [1.82, 2.24) is 4.90 Å². The first-order valence-electron chi connectivity index (χ1n) is 9.41. The summed E-state index contributed by atoms with van der Waals surface area (Å²) < 4.78 is 10.7. The Morgan fingerprint density at radius 3 is 2.63 bits per heavy atom. The number of likely N-dealkylation sites (tertiary alicyclic amines) is 1. The molecule has 1 spiro atoms. The molecular weight excluding hydrogens is 346 g/mol. The highest BCUT2D eigenvalue weighted by molar-refractivity contribution is 5.90. The second-order valence-corrected chi connectivity index (χ2v) is 7.02. The van der Waals surface area contributed by atoms with Crippen LogP contribution in [-0.2, 0) is 14.3 Å². The molecule has 7 heteroatoms. The minimum absolute atomic E-state index is 0.143. The molecular formula is C20H25N3O4. The highest BCUT2D eigenvalue weighted by Crippen LogP contribution is 2.36. The lowest BCUT2D eigenvalue weighted by Crippen LogP contribution is -2.47. The molecule has 0 unspecified atom stereocenters. The fraction of sp³-hybridized carbons (Fsp3) is 0.550. The van der Waals surface area contributed by atoms with Crippen molar-refractivity contribution in [2.45, 2.75) is 38.2 Å². The monoisotopic (exact) mass is 371 g/mol. The lowest BCUT2D eigenvalue weighted by molar-refractivity contribution is -0.143. The molecule has 0 aromatic heterocycles. The number of nitrogens with zero attached hydrogens (tertiary/aromatic N) is 3. The molecule has 2 aliphatic rings. The van der Waals surface area contributed by atoms with Crippen LogP contribution in [0.2, 0.25) is 0 Å². The quantitative estimate of drug-likeness (QED) is 0.567. The zero-order chi connectivity index (χ0) is 19.3. The Morgan fingerprint density at radius 1 is 1.30 bits per heavy atom. The molecule has 0 aliphatic carbocycles. The molecule has 3 rings (SSSR count). The molecule has 144 valence electrons. The van der Waals surface area contributed by atoms with Crippen LogP contribution in [0.25, 0.3) is 4.85 Å². The van der Waals surface area contributed by atoms with Gasteiger partial charge in [0.15, 0.2) is 5.69 Å². The zero-order valence-corrected chi connectivity index (χ0v) is 15.6. The maximum absolute atomic E-state index is 12.4. The summed E-state index contributed by atoms with van der Waals surface area (Å²) in [5, 5.41) is 0. The molecule has 0 atom stereocenters. The van der Waals surface area contributed by atoms with Gasteiger partial charge in [-0.3, -0.25) is 9.69 Å². The lowest BCUT2D eigenvalue weighted by atomic mass is 9.91. The maximum atomic E-state index is 12.4. The Bertz CT molecular complexity index is 718. The molecule has 0 N–H and O–H groups in total. The molecule has 0 saturated carbocycles. The average molecular weight is 371 g/mol. The normalized spacial score (nSPS) is 19.0. The van der Waals surface area contributed by atoms with Crippen LogP contribution in [0.5, 0.6) is 0 Å². The van der Waals surface area contributed by atoms with Crippen LogP contribution in [0.3, 0.4) is 0 Å². The largest absolute Gasteiger partial charge is 0.466 e. The summed E-state index contributed by atoms with van der Waals surface area (Å²) in [5.41, 5.74) is 0.881. The first-order chi connectivity index (χ1) is 13.0. The number of hydrogen-bond donors (Lipinski definition) is 0. The van der Waals surface area contributed by atoms with Crippen LogP contribution in [0.4, 0.5) is 16.2 Å². The van der Waals surface area contributed by atoms with E-state index in [1.165, 1.54) is 0 Å². The van der Waals surface area contributed by atoms with E-state index in [9.17, 15) is 9.59 Å². The number of carbonyl (C=O) groups is 2. The van der Waals surface area contributed by atoms with Gasteiger partial charge in [-0.2, -0.15) is 0 Å². The molecule has 2 fully saturated rings. The number of amides is 1. The molecule has 1 aromatic rings. The van der Waals surface area contributed by atoms with Gasteiger partial charge in [0.1, 0.15) is 5.60 Å². The van der Waals surface area contributed by atoms with Crippen molar-refractivity contribution < 1.29 is 19.1 Å². The number of hydrogen-bond acceptors (Lipinski definition) is 5. The fourth-order valence-electron chi connectivity index (χ4n) is 3.65. The fourth-order valence-corrected chi connectivity index (χ4v) is 3.65. The number of ether oxygens (including phenoxy) is 2. The number of esters is 1. The summed E-state index contributed by atoms with van der Waals surface area (Å²) in [6.07, 6.45) is 2.48. The van der Waals surface area contributed by atoms with Crippen LogP contribution in [0, 0.1) is 6.57 Å². The molecule has 0 bridgehead atoms. The number of carbonyl (C=O) groups excluding carboxylic acids is 2. The third-order valence-corrected chi connectivity index (χ3v) is 5.19. The summed E-state index contributed by atoms with van der Waals surface area (Å²) in [4.78, 5) is 31.1. The van der Waals surface area contributed by atoms with Gasteiger partial charge in [-0.1, -0.05) is 12.1 Å². The van der Waals surface area contributed by atoms with Gasteiger partial charge in [-0.15, -0.1) is 0 Å². The van der Waals surface area contributed by atoms with Crippen LogP contribution in [0.1, 0.15) is 32.6 Å². The molecule has 1 amide bonds. The number of rotatable bonds is 6. The van der Waals surface area contributed by atoms with Gasteiger partial charge in [0, 0.05) is 38.0 Å². The summed E-state index contributed by atoms with van der Waals surface area (Å²) in [7, 11) is 0. The third-order valence-electron chi connectivity index (χ3n) is 5.19. The Hall–Kier alpha value is -2.59. The van der Waals surface area contributed by atoms with Gasteiger partial charge in [-0.25, -0.2) is 9.64 Å². The molecule has 27 heavy (non-hydrogen) atoms. The van der Waals surface area contributed by atoms with Crippen molar-refractivity contribution in [3.63, 3.8) is 0 Å². The Kier molecular flexibility index (Phi) is 5.97. The summed E-state index contributed by atoms with van der Waals surface area (Å²) in [5.74, 6) is -0.143. The summed E-state index contributed by atoms with van der Waals surface area (Å²) in [6.45, 7) is 12.3. The van der Waals surface area contributed by atoms with E-state index in [2.05, 4.69) is 9.74 Å². The van der Waals surface area contributed by atoms with Crippen molar-refractivity contribution >= 4 is 23.4 Å². The first-order valence-corrected chi connectivity index (χ1v) is 9.41. The van der Waals surface area contributed by atoms with E-state index in [1.54, 1.807) is 29.2 Å². The Labute approximate surface area is 159 Å². The molecule has 0 radical (unpaired) electrons. The molecule has 7 nitrogen and oxygen atoms in total. The Balaban J connectivity index is 1.50. The highest BCUT2D eigenvalue weighted by Gasteiger charge is 2.47. The zero-order valence-electron chi connectivity index (χ0n) is 15.6. The van der Waals surface area contributed by atoms with Crippen molar-refractivity contribution in [3.8, 4) is 0 Å². The highest BCUT2D eigenvalue weighted by atomic mass is 16.6. The molecule has 2 heterocycles. The van der Waals surface area contributed by atoms with E-state index in [4.69, 9.17) is 16.0 Å². The minimum Gasteiger partial charge on any atom is -0.466 e. The van der Waals surface area contributed by atoms with Crippen molar-refractivity contribution in [3.05, 3.63) is 35.7 Å². The number of anilines is 1. The van der Waals surface area contributed by atoms with E-state index in [1.807, 2.05) is 6.92 Å². The standard InChI is InChI=1S/C20H25N3O4/c1-3-26-18(24)5-4-12-22-13-10-20(11-14-22)15-23(19(25)27-20)17-8-6-16(21-2)7-9-17/h6-9H,3-5,10-15H2,1H3. The molecule has 2 aliphatic heterocycles. The maximum Gasteiger partial charge on any atom is 0.415 e. The smallest absolute Gasteiger partial charge is 0.415 e. The van der Waals surface area contributed by atoms with Gasteiger partial charge in [0.05, 0.1) is 19.7 Å². The van der Waals surface area contributed by atoms with Gasteiger partial charge >= 0.3 is 12.1 Å². The van der Waals surface area contributed by atoms with E-state index >= 15 is 0 Å². The average Bonchev–Trinajstić information content (AvgIpc) is 3.00. The first kappa shape index (κ1) is 19.2. The molecule has 2 saturated heterocycles. The molecule has 1 aromatic carbocycles. The van der Waals surface area contributed by atoms with E-state index in [0.717, 1.165) is 44.6 Å². The lowest BCUT2D eigenvalue weighted by Gasteiger charge is -2.37. The van der Waals surface area contributed by atoms with Gasteiger partial charge in [-0.05, 0) is 32.0 Å². The number of benzene rings is 1.